The maximum absolute atomic E-state index is 11.0. The van der Waals surface area contributed by atoms with E-state index in [9.17, 15) is 4.91 Å². The van der Waals surface area contributed by atoms with E-state index in [0.717, 1.165) is 30.1 Å². The maximum atomic E-state index is 11.0. The van der Waals surface area contributed by atoms with Crippen LogP contribution in [-0.4, -0.2) is 6.54 Å². The van der Waals surface area contributed by atoms with Crippen LogP contribution in [0.25, 0.3) is 0 Å². The van der Waals surface area contributed by atoms with Gasteiger partial charge in [0, 0.05) is 0 Å². The van der Waals surface area contributed by atoms with Gasteiger partial charge in [-0.2, -0.15) is 4.91 Å². The standard InChI is InChI=1S/C17H31NO/c1-4-17(12-18-19)9-5-6-15-8-7-13(2)14(3)10-16(17)11-15/h13-16H,4-12H2,1-3H3. The Morgan fingerprint density at radius 2 is 1.89 bits per heavy atom. The zero-order valence-corrected chi connectivity index (χ0v) is 13.0. The third kappa shape index (κ3) is 3.20. The smallest absolute Gasteiger partial charge is 0.0869 e. The lowest BCUT2D eigenvalue weighted by Gasteiger charge is -2.41. The summed E-state index contributed by atoms with van der Waals surface area (Å²) in [6, 6.07) is 0. The van der Waals surface area contributed by atoms with Gasteiger partial charge in [-0.05, 0) is 54.8 Å². The Kier molecular flexibility index (Phi) is 5.03. The molecule has 0 aromatic heterocycles. The molecule has 0 aromatic rings. The van der Waals surface area contributed by atoms with Crippen LogP contribution in [0.15, 0.2) is 5.18 Å². The fourth-order valence-corrected chi connectivity index (χ4v) is 4.70. The lowest BCUT2D eigenvalue weighted by Crippen LogP contribution is -2.35. The van der Waals surface area contributed by atoms with Crippen LogP contribution >= 0.6 is 0 Å². The van der Waals surface area contributed by atoms with E-state index in [0.29, 0.717) is 6.54 Å². The van der Waals surface area contributed by atoms with Crippen molar-refractivity contribution in [3.05, 3.63) is 4.91 Å². The Labute approximate surface area is 118 Å². The van der Waals surface area contributed by atoms with E-state index in [1.165, 1.54) is 44.9 Å². The monoisotopic (exact) mass is 265 g/mol. The van der Waals surface area contributed by atoms with E-state index in [-0.39, 0.29) is 5.41 Å². The van der Waals surface area contributed by atoms with Gasteiger partial charge in [0.05, 0.1) is 6.54 Å². The quantitative estimate of drug-likeness (QED) is 0.627. The third-order valence-electron chi connectivity index (χ3n) is 6.51. The fourth-order valence-electron chi connectivity index (χ4n) is 4.70. The lowest BCUT2D eigenvalue weighted by atomic mass is 9.64. The molecule has 2 fully saturated rings. The van der Waals surface area contributed by atoms with Crippen LogP contribution in [0.2, 0.25) is 0 Å². The molecule has 2 saturated carbocycles. The van der Waals surface area contributed by atoms with Gasteiger partial charge in [0.25, 0.3) is 0 Å². The second-order valence-corrected chi connectivity index (χ2v) is 7.46. The summed E-state index contributed by atoms with van der Waals surface area (Å²) in [5.74, 6) is 3.31. The van der Waals surface area contributed by atoms with Crippen molar-refractivity contribution in [1.82, 2.24) is 0 Å². The Morgan fingerprint density at radius 1 is 1.11 bits per heavy atom. The highest BCUT2D eigenvalue weighted by Crippen LogP contribution is 2.50. The highest BCUT2D eigenvalue weighted by atomic mass is 16.3. The molecule has 0 radical (unpaired) electrons. The predicted octanol–water partition coefficient (Wildman–Crippen LogP) is 5.41. The van der Waals surface area contributed by atoms with Crippen LogP contribution in [0.5, 0.6) is 0 Å². The molecule has 0 heterocycles. The molecular formula is C17H31NO. The van der Waals surface area contributed by atoms with Crippen LogP contribution < -0.4 is 0 Å². The van der Waals surface area contributed by atoms with Crippen LogP contribution in [0.1, 0.15) is 72.1 Å². The summed E-state index contributed by atoms with van der Waals surface area (Å²) in [4.78, 5) is 11.0. The molecule has 0 saturated heterocycles. The normalized spacial score (nSPS) is 43.9. The van der Waals surface area contributed by atoms with Gasteiger partial charge in [-0.3, -0.25) is 0 Å². The van der Waals surface area contributed by atoms with Crippen LogP contribution in [-0.2, 0) is 0 Å². The van der Waals surface area contributed by atoms with E-state index < -0.39 is 0 Å². The molecule has 0 amide bonds. The highest BCUT2D eigenvalue weighted by Gasteiger charge is 2.42. The zero-order valence-electron chi connectivity index (χ0n) is 13.0. The van der Waals surface area contributed by atoms with Crippen molar-refractivity contribution < 1.29 is 0 Å². The third-order valence-corrected chi connectivity index (χ3v) is 6.51. The first-order valence-electron chi connectivity index (χ1n) is 8.40. The molecule has 19 heavy (non-hydrogen) atoms. The molecule has 0 aromatic carbocycles. The second kappa shape index (κ2) is 6.37. The molecule has 2 aliphatic rings. The van der Waals surface area contributed by atoms with Gasteiger partial charge >= 0.3 is 0 Å². The average molecular weight is 265 g/mol. The van der Waals surface area contributed by atoms with Crippen molar-refractivity contribution in [2.45, 2.75) is 72.1 Å². The van der Waals surface area contributed by atoms with Crippen molar-refractivity contribution in [3.8, 4) is 0 Å². The summed E-state index contributed by atoms with van der Waals surface area (Å²) in [5.41, 5.74) is 0.224. The number of nitroso groups, excluding NO2 is 1. The van der Waals surface area contributed by atoms with E-state index in [4.69, 9.17) is 0 Å². The van der Waals surface area contributed by atoms with Crippen molar-refractivity contribution >= 4 is 0 Å². The van der Waals surface area contributed by atoms with Gasteiger partial charge < -0.3 is 0 Å². The summed E-state index contributed by atoms with van der Waals surface area (Å²) < 4.78 is 0. The number of fused-ring (bicyclic) bond motifs is 2. The van der Waals surface area contributed by atoms with Crippen molar-refractivity contribution in [2.75, 3.05) is 6.54 Å². The van der Waals surface area contributed by atoms with Crippen molar-refractivity contribution in [1.29, 1.82) is 0 Å². The first-order valence-corrected chi connectivity index (χ1v) is 8.40. The fraction of sp³-hybridized carbons (Fsp3) is 1.00. The molecule has 0 N–H and O–H groups in total. The van der Waals surface area contributed by atoms with E-state index >= 15 is 0 Å². The minimum atomic E-state index is 0.224. The van der Waals surface area contributed by atoms with Gasteiger partial charge in [0.15, 0.2) is 0 Å². The molecule has 2 bridgehead atoms. The average Bonchev–Trinajstić information content (AvgIpc) is 2.57. The summed E-state index contributed by atoms with van der Waals surface area (Å²) in [6.07, 6.45) is 10.6. The van der Waals surface area contributed by atoms with Gasteiger partial charge in [-0.1, -0.05) is 51.6 Å². The number of nitrogens with zero attached hydrogens (tertiary/aromatic N) is 1. The summed E-state index contributed by atoms with van der Waals surface area (Å²) >= 11 is 0. The molecule has 0 aliphatic heterocycles. The predicted molar refractivity (Wildman–Crippen MR) is 81.0 cm³/mol. The number of rotatable bonds is 3. The largest absolute Gasteiger partial charge is 0.151 e. The first-order chi connectivity index (χ1) is 9.11. The SMILES string of the molecule is CCC1(CN=O)CCCC2CCC(C)C(C)CC1C2. The van der Waals surface area contributed by atoms with E-state index in [1.54, 1.807) is 0 Å². The molecule has 2 nitrogen and oxygen atoms in total. The molecule has 110 valence electrons. The van der Waals surface area contributed by atoms with Gasteiger partial charge in [-0.15, -0.1) is 0 Å². The maximum Gasteiger partial charge on any atom is 0.0869 e. The van der Waals surface area contributed by atoms with Crippen LogP contribution in [0.4, 0.5) is 0 Å². The summed E-state index contributed by atoms with van der Waals surface area (Å²) in [7, 11) is 0. The molecular weight excluding hydrogens is 234 g/mol. The minimum absolute atomic E-state index is 0.224. The van der Waals surface area contributed by atoms with Gasteiger partial charge in [-0.25, -0.2) is 0 Å². The Balaban J connectivity index is 2.23. The molecule has 5 unspecified atom stereocenters. The summed E-state index contributed by atoms with van der Waals surface area (Å²) in [5, 5.41) is 3.34. The van der Waals surface area contributed by atoms with E-state index in [1.807, 2.05) is 0 Å². The molecule has 2 rings (SSSR count). The van der Waals surface area contributed by atoms with E-state index in [2.05, 4.69) is 25.9 Å². The Morgan fingerprint density at radius 3 is 2.58 bits per heavy atom. The Hall–Kier alpha value is -0.400. The zero-order chi connectivity index (χ0) is 13.9. The van der Waals surface area contributed by atoms with Crippen molar-refractivity contribution in [2.24, 2.45) is 34.3 Å². The number of hydrogen-bond donors (Lipinski definition) is 0. The van der Waals surface area contributed by atoms with Gasteiger partial charge in [0.1, 0.15) is 0 Å². The molecule has 2 aliphatic carbocycles. The topological polar surface area (TPSA) is 29.4 Å². The van der Waals surface area contributed by atoms with Crippen molar-refractivity contribution in [3.63, 3.8) is 0 Å². The number of hydrogen-bond acceptors (Lipinski definition) is 2. The first kappa shape index (κ1) is 15.0. The van der Waals surface area contributed by atoms with Crippen LogP contribution in [0, 0.1) is 34.0 Å². The highest BCUT2D eigenvalue weighted by molar-refractivity contribution is 4.93. The summed E-state index contributed by atoms with van der Waals surface area (Å²) in [6.45, 7) is 7.68. The molecule has 5 atom stereocenters. The lowest BCUT2D eigenvalue weighted by molar-refractivity contribution is 0.0896. The Bertz CT molecular complexity index is 304. The molecule has 0 spiro atoms. The van der Waals surface area contributed by atoms with Gasteiger partial charge in [0.2, 0.25) is 0 Å². The minimum Gasteiger partial charge on any atom is -0.151 e. The second-order valence-electron chi connectivity index (χ2n) is 7.46. The molecule has 2 heteroatoms. The van der Waals surface area contributed by atoms with Crippen LogP contribution in [0.3, 0.4) is 0 Å².